The number of anilines is 1. The first-order valence-corrected chi connectivity index (χ1v) is 6.48. The second-order valence-electron chi connectivity index (χ2n) is 5.20. The smallest absolute Gasteiger partial charge is 0.276 e. The number of aromatic amines is 1. The molecular weight excluding hydrogens is 232 g/mol. The van der Waals surface area contributed by atoms with Crippen molar-refractivity contribution in [1.29, 1.82) is 0 Å². The SMILES string of the molecule is Nc1c(C(=O)N2CCC(O)CC2)n[nH]c1C1CC1. The van der Waals surface area contributed by atoms with Crippen molar-refractivity contribution >= 4 is 11.6 Å². The first-order chi connectivity index (χ1) is 8.66. The van der Waals surface area contributed by atoms with Crippen LogP contribution in [0.4, 0.5) is 5.69 Å². The number of carbonyl (C=O) groups excluding carboxylic acids is 1. The summed E-state index contributed by atoms with van der Waals surface area (Å²) in [5.74, 6) is 0.338. The van der Waals surface area contributed by atoms with Crippen LogP contribution in [0, 0.1) is 0 Å². The molecule has 1 aliphatic carbocycles. The van der Waals surface area contributed by atoms with E-state index in [1.807, 2.05) is 0 Å². The number of rotatable bonds is 2. The molecule has 1 saturated heterocycles. The number of nitrogens with one attached hydrogen (secondary N) is 1. The van der Waals surface area contributed by atoms with Gasteiger partial charge in [-0.05, 0) is 25.7 Å². The molecule has 98 valence electrons. The molecule has 18 heavy (non-hydrogen) atoms. The monoisotopic (exact) mass is 250 g/mol. The summed E-state index contributed by atoms with van der Waals surface area (Å²) in [4.78, 5) is 14.0. The molecule has 0 aromatic carbocycles. The Hall–Kier alpha value is -1.56. The third-order valence-electron chi connectivity index (χ3n) is 3.77. The lowest BCUT2D eigenvalue weighted by molar-refractivity contribution is 0.0542. The summed E-state index contributed by atoms with van der Waals surface area (Å²) in [6, 6.07) is 0. The number of nitrogen functional groups attached to an aromatic ring is 1. The number of piperidine rings is 1. The van der Waals surface area contributed by atoms with Crippen LogP contribution in [-0.2, 0) is 0 Å². The Labute approximate surface area is 105 Å². The van der Waals surface area contributed by atoms with Gasteiger partial charge in [0.1, 0.15) is 0 Å². The molecule has 1 saturated carbocycles. The number of hydrogen-bond acceptors (Lipinski definition) is 4. The highest BCUT2D eigenvalue weighted by atomic mass is 16.3. The fourth-order valence-corrected chi connectivity index (χ4v) is 2.43. The zero-order valence-electron chi connectivity index (χ0n) is 10.2. The number of H-pyrrole nitrogens is 1. The molecule has 0 unspecified atom stereocenters. The lowest BCUT2D eigenvalue weighted by atomic mass is 10.1. The number of likely N-dealkylation sites (tertiary alicyclic amines) is 1. The Kier molecular flexibility index (Phi) is 2.74. The summed E-state index contributed by atoms with van der Waals surface area (Å²) >= 11 is 0. The minimum absolute atomic E-state index is 0.123. The maximum atomic E-state index is 12.3. The van der Waals surface area contributed by atoms with Crippen molar-refractivity contribution in [3.63, 3.8) is 0 Å². The van der Waals surface area contributed by atoms with E-state index in [1.165, 1.54) is 0 Å². The Bertz CT molecular complexity index is 459. The molecule has 6 nitrogen and oxygen atoms in total. The number of aromatic nitrogens is 2. The van der Waals surface area contributed by atoms with Gasteiger partial charge < -0.3 is 15.7 Å². The standard InChI is InChI=1S/C12H18N4O2/c13-9-10(7-1-2-7)14-15-11(9)12(18)16-5-3-8(17)4-6-16/h7-8,17H,1-6,13H2,(H,14,15). The summed E-state index contributed by atoms with van der Waals surface area (Å²) in [7, 11) is 0. The largest absolute Gasteiger partial charge is 0.395 e. The van der Waals surface area contributed by atoms with Crippen LogP contribution >= 0.6 is 0 Å². The zero-order chi connectivity index (χ0) is 12.7. The lowest BCUT2D eigenvalue weighted by Crippen LogP contribution is -2.40. The van der Waals surface area contributed by atoms with E-state index in [-0.39, 0.29) is 12.0 Å². The Balaban J connectivity index is 1.75. The van der Waals surface area contributed by atoms with Gasteiger partial charge in [-0.2, -0.15) is 5.10 Å². The van der Waals surface area contributed by atoms with Gasteiger partial charge in [-0.3, -0.25) is 9.89 Å². The molecule has 0 radical (unpaired) electrons. The van der Waals surface area contributed by atoms with E-state index < -0.39 is 0 Å². The topological polar surface area (TPSA) is 95.2 Å². The highest BCUT2D eigenvalue weighted by Crippen LogP contribution is 2.42. The normalized spacial score (nSPS) is 21.3. The quantitative estimate of drug-likeness (QED) is 0.711. The lowest BCUT2D eigenvalue weighted by Gasteiger charge is -2.29. The van der Waals surface area contributed by atoms with Crippen molar-refractivity contribution in [2.75, 3.05) is 18.8 Å². The van der Waals surface area contributed by atoms with Gasteiger partial charge in [0, 0.05) is 19.0 Å². The van der Waals surface area contributed by atoms with Crippen molar-refractivity contribution < 1.29 is 9.90 Å². The molecule has 1 aromatic rings. The number of aliphatic hydroxyl groups is 1. The highest BCUT2D eigenvalue weighted by molar-refractivity contribution is 5.97. The average molecular weight is 250 g/mol. The van der Waals surface area contributed by atoms with Gasteiger partial charge in [0.15, 0.2) is 5.69 Å². The van der Waals surface area contributed by atoms with E-state index in [9.17, 15) is 9.90 Å². The minimum Gasteiger partial charge on any atom is -0.395 e. The third-order valence-corrected chi connectivity index (χ3v) is 3.77. The van der Waals surface area contributed by atoms with Gasteiger partial charge in [0.25, 0.3) is 5.91 Å². The summed E-state index contributed by atoms with van der Waals surface area (Å²) < 4.78 is 0. The fourth-order valence-electron chi connectivity index (χ4n) is 2.43. The second kappa shape index (κ2) is 4.28. The van der Waals surface area contributed by atoms with E-state index in [0.717, 1.165) is 18.5 Å². The fraction of sp³-hybridized carbons (Fsp3) is 0.667. The van der Waals surface area contributed by atoms with Crippen molar-refractivity contribution in [3.8, 4) is 0 Å². The number of aliphatic hydroxyl groups excluding tert-OH is 1. The Morgan fingerprint density at radius 2 is 2.00 bits per heavy atom. The number of amides is 1. The van der Waals surface area contributed by atoms with Gasteiger partial charge in [0.05, 0.1) is 17.5 Å². The molecule has 6 heteroatoms. The molecule has 1 aromatic heterocycles. The number of carbonyl (C=O) groups is 1. The molecule has 2 aliphatic rings. The molecule has 0 spiro atoms. The van der Waals surface area contributed by atoms with E-state index in [4.69, 9.17) is 5.73 Å². The van der Waals surface area contributed by atoms with Gasteiger partial charge in [0.2, 0.25) is 0 Å². The van der Waals surface area contributed by atoms with Crippen molar-refractivity contribution in [3.05, 3.63) is 11.4 Å². The van der Waals surface area contributed by atoms with Crippen LogP contribution in [0.5, 0.6) is 0 Å². The first kappa shape index (κ1) is 11.5. The molecule has 1 amide bonds. The number of nitrogens with two attached hydrogens (primary N) is 1. The summed E-state index contributed by atoms with van der Waals surface area (Å²) in [6.07, 6.45) is 3.22. The number of hydrogen-bond donors (Lipinski definition) is 3. The van der Waals surface area contributed by atoms with Crippen LogP contribution in [0.15, 0.2) is 0 Å². The average Bonchev–Trinajstić information content (AvgIpc) is 3.13. The predicted molar refractivity (Wildman–Crippen MR) is 66.1 cm³/mol. The van der Waals surface area contributed by atoms with Crippen LogP contribution in [0.25, 0.3) is 0 Å². The third kappa shape index (κ3) is 1.96. The van der Waals surface area contributed by atoms with Crippen molar-refractivity contribution in [2.24, 2.45) is 0 Å². The zero-order valence-corrected chi connectivity index (χ0v) is 10.2. The van der Waals surface area contributed by atoms with E-state index in [2.05, 4.69) is 10.2 Å². The van der Waals surface area contributed by atoms with Gasteiger partial charge in [-0.1, -0.05) is 0 Å². The predicted octanol–water partition coefficient (Wildman–Crippen LogP) is 0.466. The molecule has 3 rings (SSSR count). The van der Waals surface area contributed by atoms with Gasteiger partial charge in [-0.25, -0.2) is 0 Å². The molecular formula is C12H18N4O2. The van der Waals surface area contributed by atoms with Crippen LogP contribution in [0.1, 0.15) is 47.8 Å². The molecule has 4 N–H and O–H groups in total. The van der Waals surface area contributed by atoms with E-state index in [1.54, 1.807) is 4.90 Å². The molecule has 0 atom stereocenters. The second-order valence-corrected chi connectivity index (χ2v) is 5.20. The maximum Gasteiger partial charge on any atom is 0.276 e. The molecule has 1 aliphatic heterocycles. The van der Waals surface area contributed by atoms with Gasteiger partial charge in [-0.15, -0.1) is 0 Å². The van der Waals surface area contributed by atoms with Crippen molar-refractivity contribution in [1.82, 2.24) is 15.1 Å². The van der Waals surface area contributed by atoms with Crippen LogP contribution in [0.3, 0.4) is 0 Å². The summed E-state index contributed by atoms with van der Waals surface area (Å²) in [6.45, 7) is 1.15. The van der Waals surface area contributed by atoms with E-state index in [0.29, 0.717) is 43.2 Å². The highest BCUT2D eigenvalue weighted by Gasteiger charge is 2.32. The minimum atomic E-state index is -0.285. The number of nitrogens with zero attached hydrogens (tertiary/aromatic N) is 2. The molecule has 2 fully saturated rings. The van der Waals surface area contributed by atoms with E-state index >= 15 is 0 Å². The van der Waals surface area contributed by atoms with Crippen LogP contribution < -0.4 is 5.73 Å². The molecule has 0 bridgehead atoms. The summed E-state index contributed by atoms with van der Waals surface area (Å²) in [5, 5.41) is 16.4. The maximum absolute atomic E-state index is 12.3. The van der Waals surface area contributed by atoms with Crippen LogP contribution in [0.2, 0.25) is 0 Å². The van der Waals surface area contributed by atoms with Gasteiger partial charge >= 0.3 is 0 Å². The molecule has 2 heterocycles. The Morgan fingerprint density at radius 1 is 1.33 bits per heavy atom. The summed E-state index contributed by atoms with van der Waals surface area (Å²) in [5.41, 5.74) is 7.75. The van der Waals surface area contributed by atoms with Crippen LogP contribution in [-0.4, -0.2) is 45.3 Å². The Morgan fingerprint density at radius 3 is 2.61 bits per heavy atom. The first-order valence-electron chi connectivity index (χ1n) is 6.48. The van der Waals surface area contributed by atoms with Crippen molar-refractivity contribution in [2.45, 2.75) is 37.7 Å².